The molecule has 0 amide bonds. The zero-order valence-corrected chi connectivity index (χ0v) is 9.68. The highest BCUT2D eigenvalue weighted by atomic mass is 16.3. The van der Waals surface area contributed by atoms with E-state index < -0.39 is 0 Å². The highest BCUT2D eigenvalue weighted by molar-refractivity contribution is 4.80. The van der Waals surface area contributed by atoms with Crippen LogP contribution in [0.3, 0.4) is 0 Å². The van der Waals surface area contributed by atoms with Gasteiger partial charge in [0.1, 0.15) is 0 Å². The molecule has 0 aromatic heterocycles. The van der Waals surface area contributed by atoms with Gasteiger partial charge in [0.15, 0.2) is 0 Å². The van der Waals surface area contributed by atoms with E-state index in [-0.39, 0.29) is 12.1 Å². The van der Waals surface area contributed by atoms with Gasteiger partial charge in [-0.15, -0.1) is 6.58 Å². The second-order valence-electron chi connectivity index (χ2n) is 4.14. The Hall–Kier alpha value is -0.340. The van der Waals surface area contributed by atoms with E-state index in [0.29, 0.717) is 0 Å². The summed E-state index contributed by atoms with van der Waals surface area (Å²) in [5.41, 5.74) is -0.0849. The average molecular weight is 199 g/mol. The van der Waals surface area contributed by atoms with Crippen LogP contribution in [-0.4, -0.2) is 23.8 Å². The summed E-state index contributed by atoms with van der Waals surface area (Å²) in [5, 5.41) is 12.5. The van der Waals surface area contributed by atoms with Crippen molar-refractivity contribution in [2.45, 2.75) is 51.5 Å². The molecule has 0 radical (unpaired) electrons. The van der Waals surface area contributed by atoms with Crippen LogP contribution in [0.1, 0.15) is 46.0 Å². The molecule has 0 heterocycles. The molecule has 0 saturated carbocycles. The lowest BCUT2D eigenvalue weighted by atomic mass is 10.00. The van der Waals surface area contributed by atoms with Crippen molar-refractivity contribution >= 4 is 0 Å². The zero-order chi connectivity index (χ0) is 10.9. The molecular weight excluding hydrogens is 174 g/mol. The zero-order valence-electron chi connectivity index (χ0n) is 9.68. The number of nitrogens with one attached hydrogen (secondary N) is 1. The maximum Gasteiger partial charge on any atom is 0.0610 e. The standard InChI is InChI=1S/C12H25NO/c1-4-6-7-8-9-10-13-12(3,5-2)11-14/h4,13-14H,1,5-11H2,2-3H3. The van der Waals surface area contributed by atoms with E-state index in [2.05, 4.69) is 25.7 Å². The smallest absolute Gasteiger partial charge is 0.0610 e. The molecule has 0 aliphatic rings. The van der Waals surface area contributed by atoms with Crippen molar-refractivity contribution in [2.24, 2.45) is 0 Å². The summed E-state index contributed by atoms with van der Waals surface area (Å²) in [4.78, 5) is 0. The van der Waals surface area contributed by atoms with Crippen LogP contribution in [0.4, 0.5) is 0 Å². The average Bonchev–Trinajstić information content (AvgIpc) is 2.23. The maximum atomic E-state index is 9.15. The van der Waals surface area contributed by atoms with Gasteiger partial charge >= 0.3 is 0 Å². The summed E-state index contributed by atoms with van der Waals surface area (Å²) in [7, 11) is 0. The van der Waals surface area contributed by atoms with Crippen LogP contribution in [0.25, 0.3) is 0 Å². The Bertz CT molecular complexity index is 141. The fourth-order valence-electron chi connectivity index (χ4n) is 1.27. The molecular formula is C12H25NO. The van der Waals surface area contributed by atoms with Gasteiger partial charge in [0.25, 0.3) is 0 Å². The van der Waals surface area contributed by atoms with Crippen molar-refractivity contribution in [2.75, 3.05) is 13.2 Å². The van der Waals surface area contributed by atoms with Crippen LogP contribution in [0, 0.1) is 0 Å². The predicted molar refractivity (Wildman–Crippen MR) is 62.4 cm³/mol. The molecule has 0 rings (SSSR count). The molecule has 0 aliphatic carbocycles. The molecule has 1 atom stereocenters. The van der Waals surface area contributed by atoms with E-state index in [1.165, 1.54) is 19.3 Å². The Kier molecular flexibility index (Phi) is 7.81. The highest BCUT2D eigenvalue weighted by Gasteiger charge is 2.18. The van der Waals surface area contributed by atoms with Crippen molar-refractivity contribution in [3.05, 3.63) is 12.7 Å². The molecule has 14 heavy (non-hydrogen) atoms. The summed E-state index contributed by atoms with van der Waals surface area (Å²) >= 11 is 0. The fourth-order valence-corrected chi connectivity index (χ4v) is 1.27. The van der Waals surface area contributed by atoms with Crippen LogP contribution in [0.5, 0.6) is 0 Å². The molecule has 0 fully saturated rings. The summed E-state index contributed by atoms with van der Waals surface area (Å²) in [5.74, 6) is 0. The van der Waals surface area contributed by atoms with Crippen LogP contribution in [-0.2, 0) is 0 Å². The van der Waals surface area contributed by atoms with Gasteiger partial charge in [0.05, 0.1) is 6.61 Å². The molecule has 2 heteroatoms. The Balaban J connectivity index is 3.38. The molecule has 0 aliphatic heterocycles. The van der Waals surface area contributed by atoms with Gasteiger partial charge in [-0.05, 0) is 39.2 Å². The second kappa shape index (κ2) is 8.01. The third kappa shape index (κ3) is 6.17. The quantitative estimate of drug-likeness (QED) is 0.442. The number of unbranched alkanes of at least 4 members (excludes halogenated alkanes) is 3. The predicted octanol–water partition coefficient (Wildman–Crippen LogP) is 2.48. The van der Waals surface area contributed by atoms with Crippen LogP contribution >= 0.6 is 0 Å². The Morgan fingerprint density at radius 2 is 2.07 bits per heavy atom. The topological polar surface area (TPSA) is 32.3 Å². The van der Waals surface area contributed by atoms with Crippen LogP contribution in [0.2, 0.25) is 0 Å². The molecule has 2 nitrogen and oxygen atoms in total. The van der Waals surface area contributed by atoms with E-state index in [4.69, 9.17) is 5.11 Å². The van der Waals surface area contributed by atoms with Crippen LogP contribution in [0.15, 0.2) is 12.7 Å². The van der Waals surface area contributed by atoms with Crippen molar-refractivity contribution in [1.82, 2.24) is 5.32 Å². The van der Waals surface area contributed by atoms with E-state index >= 15 is 0 Å². The largest absolute Gasteiger partial charge is 0.394 e. The van der Waals surface area contributed by atoms with Crippen molar-refractivity contribution in [1.29, 1.82) is 0 Å². The number of hydrogen-bond acceptors (Lipinski definition) is 2. The number of hydrogen-bond donors (Lipinski definition) is 2. The SMILES string of the molecule is C=CCCCCCNC(C)(CC)CO. The molecule has 0 bridgehead atoms. The van der Waals surface area contributed by atoms with Crippen molar-refractivity contribution < 1.29 is 5.11 Å². The Morgan fingerprint density at radius 1 is 1.36 bits per heavy atom. The molecule has 0 aromatic rings. The number of aliphatic hydroxyl groups is 1. The Morgan fingerprint density at radius 3 is 2.57 bits per heavy atom. The maximum absolute atomic E-state index is 9.15. The lowest BCUT2D eigenvalue weighted by molar-refractivity contribution is 0.170. The highest BCUT2D eigenvalue weighted by Crippen LogP contribution is 2.08. The first-order valence-electron chi connectivity index (χ1n) is 5.65. The van der Waals surface area contributed by atoms with Gasteiger partial charge in [-0.2, -0.15) is 0 Å². The molecule has 0 spiro atoms. The van der Waals surface area contributed by atoms with E-state index in [1.54, 1.807) is 0 Å². The minimum Gasteiger partial charge on any atom is -0.394 e. The monoisotopic (exact) mass is 199 g/mol. The lowest BCUT2D eigenvalue weighted by Gasteiger charge is -2.27. The van der Waals surface area contributed by atoms with Gasteiger partial charge in [0, 0.05) is 5.54 Å². The number of rotatable bonds is 9. The minimum absolute atomic E-state index is 0.0849. The van der Waals surface area contributed by atoms with Crippen molar-refractivity contribution in [3.63, 3.8) is 0 Å². The first-order valence-corrected chi connectivity index (χ1v) is 5.65. The van der Waals surface area contributed by atoms with E-state index in [0.717, 1.165) is 19.4 Å². The lowest BCUT2D eigenvalue weighted by Crippen LogP contribution is -2.45. The summed E-state index contributed by atoms with van der Waals surface area (Å²) < 4.78 is 0. The van der Waals surface area contributed by atoms with E-state index in [9.17, 15) is 0 Å². The molecule has 0 saturated heterocycles. The normalized spacial score (nSPS) is 15.1. The van der Waals surface area contributed by atoms with Gasteiger partial charge < -0.3 is 10.4 Å². The third-order valence-electron chi connectivity index (χ3n) is 2.77. The Labute approximate surface area is 88.4 Å². The second-order valence-corrected chi connectivity index (χ2v) is 4.14. The van der Waals surface area contributed by atoms with Crippen LogP contribution < -0.4 is 5.32 Å². The van der Waals surface area contributed by atoms with E-state index in [1.807, 2.05) is 6.08 Å². The van der Waals surface area contributed by atoms with Crippen molar-refractivity contribution in [3.8, 4) is 0 Å². The molecule has 0 aromatic carbocycles. The number of allylic oxidation sites excluding steroid dienone is 1. The van der Waals surface area contributed by atoms with Gasteiger partial charge in [-0.25, -0.2) is 0 Å². The first kappa shape index (κ1) is 13.7. The number of aliphatic hydroxyl groups excluding tert-OH is 1. The van der Waals surface area contributed by atoms with Gasteiger partial charge in [0.2, 0.25) is 0 Å². The van der Waals surface area contributed by atoms with Gasteiger partial charge in [-0.3, -0.25) is 0 Å². The summed E-state index contributed by atoms with van der Waals surface area (Å²) in [6.07, 6.45) is 7.71. The molecule has 2 N–H and O–H groups in total. The molecule has 84 valence electrons. The summed E-state index contributed by atoms with van der Waals surface area (Å²) in [6.45, 7) is 9.08. The minimum atomic E-state index is -0.0849. The fraction of sp³-hybridized carbons (Fsp3) is 0.833. The summed E-state index contributed by atoms with van der Waals surface area (Å²) in [6, 6.07) is 0. The van der Waals surface area contributed by atoms with Gasteiger partial charge in [-0.1, -0.05) is 19.4 Å². The molecule has 1 unspecified atom stereocenters. The third-order valence-corrected chi connectivity index (χ3v) is 2.77. The first-order chi connectivity index (χ1) is 6.68.